The average molecular weight is 148 g/mol. The van der Waals surface area contributed by atoms with E-state index >= 15 is 0 Å². The van der Waals surface area contributed by atoms with Crippen LogP contribution in [0.2, 0.25) is 0 Å². The molecule has 0 aliphatic heterocycles. The van der Waals surface area contributed by atoms with Crippen molar-refractivity contribution in [3.63, 3.8) is 0 Å². The molecular weight excluding hydrogens is 142 g/mol. The Bertz CT molecular complexity index is 439. The lowest BCUT2D eigenvalue weighted by atomic mass is 10.2. The van der Waals surface area contributed by atoms with Crippen LogP contribution < -0.4 is 5.76 Å². The normalized spacial score (nSPS) is 10.6. The number of hydrogen-bond acceptors (Lipinski definition) is 2. The van der Waals surface area contributed by atoms with Crippen LogP contribution in [0.3, 0.4) is 0 Å². The standard InChI is InChI=1S/C8H6NO2/c1-5-2-3-7-6(4-5)9-8(10)11-7/h2-3H,1H3,(H,9,10). The van der Waals surface area contributed by atoms with Crippen molar-refractivity contribution in [2.75, 3.05) is 0 Å². The van der Waals surface area contributed by atoms with Gasteiger partial charge in [0.15, 0.2) is 5.58 Å². The zero-order valence-corrected chi connectivity index (χ0v) is 5.97. The molecule has 0 bridgehead atoms. The zero-order valence-electron chi connectivity index (χ0n) is 5.97. The van der Waals surface area contributed by atoms with Crippen molar-refractivity contribution in [3.8, 4) is 0 Å². The fraction of sp³-hybridized carbons (Fsp3) is 0.125. The smallest absolute Gasteiger partial charge is 0.408 e. The predicted octanol–water partition coefficient (Wildman–Crippen LogP) is 1.23. The summed E-state index contributed by atoms with van der Waals surface area (Å²) in [5, 5.41) is 0. The molecule has 1 aromatic heterocycles. The maximum absolute atomic E-state index is 10.7. The van der Waals surface area contributed by atoms with Gasteiger partial charge in [-0.2, -0.15) is 0 Å². The number of aromatic amines is 1. The highest BCUT2D eigenvalue weighted by atomic mass is 16.4. The molecule has 0 saturated heterocycles. The minimum atomic E-state index is -0.429. The highest BCUT2D eigenvalue weighted by molar-refractivity contribution is 5.71. The molecular formula is C8H6NO2. The van der Waals surface area contributed by atoms with E-state index in [1.54, 1.807) is 6.07 Å². The molecule has 1 heterocycles. The van der Waals surface area contributed by atoms with Gasteiger partial charge in [0.25, 0.3) is 0 Å². The van der Waals surface area contributed by atoms with Crippen molar-refractivity contribution >= 4 is 11.1 Å². The van der Waals surface area contributed by atoms with Crippen molar-refractivity contribution in [2.24, 2.45) is 0 Å². The summed E-state index contributed by atoms with van der Waals surface area (Å²) in [5.41, 5.74) is 2.17. The molecule has 1 N–H and O–H groups in total. The summed E-state index contributed by atoms with van der Waals surface area (Å²) in [6.07, 6.45) is 0. The van der Waals surface area contributed by atoms with Crippen LogP contribution in [0.15, 0.2) is 21.3 Å². The quantitative estimate of drug-likeness (QED) is 0.610. The minimum Gasteiger partial charge on any atom is -0.408 e. The highest BCUT2D eigenvalue weighted by Crippen LogP contribution is 2.09. The van der Waals surface area contributed by atoms with Gasteiger partial charge in [0, 0.05) is 6.07 Å². The van der Waals surface area contributed by atoms with E-state index in [-0.39, 0.29) is 0 Å². The molecule has 2 rings (SSSR count). The van der Waals surface area contributed by atoms with Gasteiger partial charge in [-0.15, -0.1) is 0 Å². The number of aromatic nitrogens is 1. The first-order valence-electron chi connectivity index (χ1n) is 3.27. The minimum absolute atomic E-state index is 0.429. The molecule has 0 amide bonds. The largest absolute Gasteiger partial charge is 0.417 e. The molecule has 3 nitrogen and oxygen atoms in total. The topological polar surface area (TPSA) is 46.0 Å². The van der Waals surface area contributed by atoms with E-state index in [0.717, 1.165) is 5.56 Å². The van der Waals surface area contributed by atoms with Crippen LogP contribution in [0.25, 0.3) is 11.1 Å². The molecule has 0 atom stereocenters. The lowest BCUT2D eigenvalue weighted by molar-refractivity contribution is 0.555. The Kier molecular flexibility index (Phi) is 1.12. The van der Waals surface area contributed by atoms with Crippen LogP contribution in [-0.4, -0.2) is 4.98 Å². The van der Waals surface area contributed by atoms with E-state index in [9.17, 15) is 4.79 Å². The van der Waals surface area contributed by atoms with Gasteiger partial charge in [-0.05, 0) is 18.6 Å². The first-order valence-corrected chi connectivity index (χ1v) is 3.27. The molecule has 11 heavy (non-hydrogen) atoms. The van der Waals surface area contributed by atoms with Gasteiger partial charge in [0.2, 0.25) is 0 Å². The molecule has 0 unspecified atom stereocenters. The fourth-order valence-electron chi connectivity index (χ4n) is 0.990. The van der Waals surface area contributed by atoms with Crippen LogP contribution in [0, 0.1) is 13.0 Å². The number of nitrogens with one attached hydrogen (secondary N) is 1. The number of rotatable bonds is 0. The number of benzene rings is 1. The maximum atomic E-state index is 10.7. The summed E-state index contributed by atoms with van der Waals surface area (Å²) in [5.74, 6) is -0.429. The van der Waals surface area contributed by atoms with Crippen molar-refractivity contribution in [3.05, 3.63) is 34.3 Å². The van der Waals surface area contributed by atoms with Gasteiger partial charge in [0.1, 0.15) is 0 Å². The van der Waals surface area contributed by atoms with Crippen LogP contribution in [0.5, 0.6) is 0 Å². The molecule has 1 radical (unpaired) electrons. The van der Waals surface area contributed by atoms with Crippen LogP contribution in [0.1, 0.15) is 5.56 Å². The van der Waals surface area contributed by atoms with Gasteiger partial charge in [-0.25, -0.2) is 4.79 Å². The van der Waals surface area contributed by atoms with Gasteiger partial charge >= 0.3 is 5.76 Å². The predicted molar refractivity (Wildman–Crippen MR) is 40.4 cm³/mol. The Hall–Kier alpha value is -1.51. The molecule has 1 aromatic carbocycles. The third-order valence-corrected chi connectivity index (χ3v) is 1.48. The molecule has 55 valence electrons. The Morgan fingerprint density at radius 1 is 1.55 bits per heavy atom. The van der Waals surface area contributed by atoms with E-state index in [1.807, 2.05) is 13.0 Å². The molecule has 0 aliphatic carbocycles. The van der Waals surface area contributed by atoms with E-state index in [0.29, 0.717) is 11.1 Å². The van der Waals surface area contributed by atoms with Crippen molar-refractivity contribution in [2.45, 2.75) is 6.92 Å². The molecule has 3 heteroatoms. The number of fused-ring (bicyclic) bond motifs is 1. The first kappa shape index (κ1) is 6.22. The molecule has 0 fully saturated rings. The average Bonchev–Trinajstić information content (AvgIpc) is 2.27. The molecule has 0 spiro atoms. The first-order chi connectivity index (χ1) is 5.25. The Morgan fingerprint density at radius 2 is 2.36 bits per heavy atom. The van der Waals surface area contributed by atoms with Crippen LogP contribution >= 0.6 is 0 Å². The molecule has 0 saturated carbocycles. The summed E-state index contributed by atoms with van der Waals surface area (Å²) < 4.78 is 4.78. The van der Waals surface area contributed by atoms with E-state index < -0.39 is 5.76 Å². The lowest BCUT2D eigenvalue weighted by Crippen LogP contribution is -1.92. The number of oxazole rings is 1. The van der Waals surface area contributed by atoms with E-state index in [1.165, 1.54) is 0 Å². The monoisotopic (exact) mass is 148 g/mol. The summed E-state index contributed by atoms with van der Waals surface area (Å²) in [6.45, 7) is 1.91. The van der Waals surface area contributed by atoms with E-state index in [4.69, 9.17) is 4.42 Å². The number of hydrogen-bond donors (Lipinski definition) is 1. The van der Waals surface area contributed by atoms with Gasteiger partial charge in [0.05, 0.1) is 5.52 Å². The zero-order chi connectivity index (χ0) is 7.84. The molecule has 0 aliphatic rings. The maximum Gasteiger partial charge on any atom is 0.417 e. The second kappa shape index (κ2) is 1.99. The summed E-state index contributed by atoms with van der Waals surface area (Å²) in [7, 11) is 0. The summed E-state index contributed by atoms with van der Waals surface area (Å²) in [4.78, 5) is 13.2. The SMILES string of the molecule is Cc1[c]c2[nH]c(=O)oc2cc1. The number of H-pyrrole nitrogens is 1. The second-order valence-corrected chi connectivity index (χ2v) is 2.40. The Balaban J connectivity index is 2.92. The van der Waals surface area contributed by atoms with Gasteiger partial charge < -0.3 is 4.42 Å². The molecule has 2 aromatic rings. The summed E-state index contributed by atoms with van der Waals surface area (Å²) >= 11 is 0. The van der Waals surface area contributed by atoms with Crippen molar-refractivity contribution < 1.29 is 4.42 Å². The summed E-state index contributed by atoms with van der Waals surface area (Å²) in [6, 6.07) is 6.56. The lowest BCUT2D eigenvalue weighted by Gasteiger charge is -1.87. The van der Waals surface area contributed by atoms with Crippen LogP contribution in [0.4, 0.5) is 0 Å². The Labute approximate surface area is 62.7 Å². The van der Waals surface area contributed by atoms with Crippen molar-refractivity contribution in [1.29, 1.82) is 0 Å². The highest BCUT2D eigenvalue weighted by Gasteiger charge is 1.98. The van der Waals surface area contributed by atoms with Gasteiger partial charge in [-0.1, -0.05) is 6.07 Å². The van der Waals surface area contributed by atoms with E-state index in [2.05, 4.69) is 11.1 Å². The van der Waals surface area contributed by atoms with Gasteiger partial charge in [-0.3, -0.25) is 4.98 Å². The number of aryl methyl sites for hydroxylation is 1. The van der Waals surface area contributed by atoms with Crippen LogP contribution in [-0.2, 0) is 0 Å². The third-order valence-electron chi connectivity index (χ3n) is 1.48. The third kappa shape index (κ3) is 0.941. The Morgan fingerprint density at radius 3 is 3.18 bits per heavy atom. The fourth-order valence-corrected chi connectivity index (χ4v) is 0.990. The van der Waals surface area contributed by atoms with Crippen molar-refractivity contribution in [1.82, 2.24) is 4.98 Å². The second-order valence-electron chi connectivity index (χ2n) is 2.40.